The molecule has 0 aliphatic heterocycles. The summed E-state index contributed by atoms with van der Waals surface area (Å²) in [6.45, 7) is 7.10. The van der Waals surface area contributed by atoms with Crippen LogP contribution in [0.25, 0.3) is 0 Å². The summed E-state index contributed by atoms with van der Waals surface area (Å²) in [7, 11) is 1.71. The molecule has 150 valence electrons. The van der Waals surface area contributed by atoms with Gasteiger partial charge in [-0.2, -0.15) is 0 Å². The number of hydrogen-bond donors (Lipinski definition) is 3. The topological polar surface area (TPSA) is 65.5 Å². The Labute approximate surface area is 166 Å². The fraction of sp³-hybridized carbons (Fsp3) is 0.364. The predicted molar refractivity (Wildman–Crippen MR) is 112 cm³/mol. The number of benzene rings is 2. The SMILES string of the molecule is CN=C(NCCc1ccc(F)cc1)NCc1cccc(C(=O)NC(C)(C)C)c1. The molecular weight excluding hydrogens is 355 g/mol. The van der Waals surface area contributed by atoms with Gasteiger partial charge in [0.2, 0.25) is 0 Å². The van der Waals surface area contributed by atoms with Gasteiger partial charge in [0.05, 0.1) is 0 Å². The highest BCUT2D eigenvalue weighted by Gasteiger charge is 2.15. The molecule has 0 heterocycles. The molecule has 0 fully saturated rings. The van der Waals surface area contributed by atoms with Crippen LogP contribution in [0.5, 0.6) is 0 Å². The molecule has 28 heavy (non-hydrogen) atoms. The summed E-state index contributed by atoms with van der Waals surface area (Å²) in [6.07, 6.45) is 0.767. The van der Waals surface area contributed by atoms with Crippen LogP contribution in [0, 0.1) is 5.82 Å². The van der Waals surface area contributed by atoms with Gasteiger partial charge >= 0.3 is 0 Å². The number of guanidine groups is 1. The van der Waals surface area contributed by atoms with E-state index in [-0.39, 0.29) is 17.3 Å². The molecule has 3 N–H and O–H groups in total. The first-order chi connectivity index (χ1) is 13.3. The normalized spacial score (nSPS) is 11.8. The molecule has 0 aliphatic rings. The van der Waals surface area contributed by atoms with Crippen LogP contribution in [0.4, 0.5) is 4.39 Å². The van der Waals surface area contributed by atoms with Crippen molar-refractivity contribution in [3.8, 4) is 0 Å². The molecule has 6 heteroatoms. The largest absolute Gasteiger partial charge is 0.356 e. The highest BCUT2D eigenvalue weighted by atomic mass is 19.1. The molecule has 0 atom stereocenters. The first-order valence-corrected chi connectivity index (χ1v) is 9.37. The van der Waals surface area contributed by atoms with E-state index in [2.05, 4.69) is 20.9 Å². The zero-order chi connectivity index (χ0) is 20.6. The molecular formula is C22H29FN4O. The maximum absolute atomic E-state index is 12.9. The summed E-state index contributed by atoms with van der Waals surface area (Å²) >= 11 is 0. The van der Waals surface area contributed by atoms with Crippen molar-refractivity contribution in [1.82, 2.24) is 16.0 Å². The van der Waals surface area contributed by atoms with Gasteiger partial charge in [0.1, 0.15) is 5.82 Å². The van der Waals surface area contributed by atoms with Gasteiger partial charge in [-0.05, 0) is 62.6 Å². The number of carbonyl (C=O) groups excluding carboxylic acids is 1. The van der Waals surface area contributed by atoms with Crippen molar-refractivity contribution in [2.24, 2.45) is 4.99 Å². The summed E-state index contributed by atoms with van der Waals surface area (Å²) < 4.78 is 12.9. The Morgan fingerprint density at radius 2 is 1.75 bits per heavy atom. The highest BCUT2D eigenvalue weighted by molar-refractivity contribution is 5.94. The van der Waals surface area contributed by atoms with Crippen molar-refractivity contribution >= 4 is 11.9 Å². The number of nitrogens with one attached hydrogen (secondary N) is 3. The molecule has 2 aromatic carbocycles. The fourth-order valence-corrected chi connectivity index (χ4v) is 2.62. The molecule has 0 bridgehead atoms. The van der Waals surface area contributed by atoms with E-state index in [0.717, 1.165) is 17.5 Å². The van der Waals surface area contributed by atoms with E-state index in [9.17, 15) is 9.18 Å². The average Bonchev–Trinajstić information content (AvgIpc) is 2.65. The quantitative estimate of drug-likeness (QED) is 0.529. The van der Waals surface area contributed by atoms with Gasteiger partial charge in [-0.25, -0.2) is 4.39 Å². The lowest BCUT2D eigenvalue weighted by Gasteiger charge is -2.20. The number of hydrogen-bond acceptors (Lipinski definition) is 2. The lowest BCUT2D eigenvalue weighted by molar-refractivity contribution is 0.0919. The fourth-order valence-electron chi connectivity index (χ4n) is 2.62. The van der Waals surface area contributed by atoms with E-state index in [0.29, 0.717) is 24.6 Å². The van der Waals surface area contributed by atoms with Crippen molar-refractivity contribution in [3.63, 3.8) is 0 Å². The number of nitrogens with zero attached hydrogens (tertiary/aromatic N) is 1. The average molecular weight is 384 g/mol. The molecule has 2 rings (SSSR count). The Kier molecular flexibility index (Phi) is 7.55. The Morgan fingerprint density at radius 1 is 1.04 bits per heavy atom. The third-order valence-corrected chi connectivity index (χ3v) is 3.98. The minimum Gasteiger partial charge on any atom is -0.356 e. The second-order valence-electron chi connectivity index (χ2n) is 7.63. The Hall–Kier alpha value is -2.89. The number of amides is 1. The van der Waals surface area contributed by atoms with Gasteiger partial charge in [-0.1, -0.05) is 24.3 Å². The molecule has 2 aromatic rings. The van der Waals surface area contributed by atoms with Gasteiger partial charge in [-0.3, -0.25) is 9.79 Å². The maximum atomic E-state index is 12.9. The van der Waals surface area contributed by atoms with Crippen LogP contribution in [-0.4, -0.2) is 31.0 Å². The van der Waals surface area contributed by atoms with Crippen molar-refractivity contribution < 1.29 is 9.18 Å². The molecule has 0 aromatic heterocycles. The minimum absolute atomic E-state index is 0.0869. The van der Waals surface area contributed by atoms with E-state index >= 15 is 0 Å². The first-order valence-electron chi connectivity index (χ1n) is 9.37. The summed E-state index contributed by atoms with van der Waals surface area (Å²) in [4.78, 5) is 16.5. The van der Waals surface area contributed by atoms with Crippen LogP contribution in [0.3, 0.4) is 0 Å². The summed E-state index contributed by atoms with van der Waals surface area (Å²) in [5.41, 5.74) is 2.40. The van der Waals surface area contributed by atoms with Crippen LogP contribution in [-0.2, 0) is 13.0 Å². The molecule has 1 amide bonds. The van der Waals surface area contributed by atoms with Gasteiger partial charge in [-0.15, -0.1) is 0 Å². The number of halogens is 1. The van der Waals surface area contributed by atoms with Crippen molar-refractivity contribution in [2.45, 2.75) is 39.3 Å². The summed E-state index contributed by atoms with van der Waals surface area (Å²) in [5.74, 6) is 0.357. The monoisotopic (exact) mass is 384 g/mol. The van der Waals surface area contributed by atoms with Crippen LogP contribution in [0.1, 0.15) is 42.3 Å². The standard InChI is InChI=1S/C22H29FN4O/c1-22(2,3)27-20(28)18-7-5-6-17(14-18)15-26-21(24-4)25-13-12-16-8-10-19(23)11-9-16/h5-11,14H,12-13,15H2,1-4H3,(H,27,28)(H2,24,25,26). The van der Waals surface area contributed by atoms with E-state index in [1.807, 2.05) is 39.0 Å². The lowest BCUT2D eigenvalue weighted by atomic mass is 10.1. The lowest BCUT2D eigenvalue weighted by Crippen LogP contribution is -2.40. The zero-order valence-corrected chi connectivity index (χ0v) is 17.0. The van der Waals surface area contributed by atoms with Crippen LogP contribution in [0.2, 0.25) is 0 Å². The molecule has 0 aliphatic carbocycles. The molecule has 0 unspecified atom stereocenters. The smallest absolute Gasteiger partial charge is 0.251 e. The molecule has 0 saturated heterocycles. The zero-order valence-electron chi connectivity index (χ0n) is 17.0. The Morgan fingerprint density at radius 3 is 2.39 bits per heavy atom. The maximum Gasteiger partial charge on any atom is 0.251 e. The second kappa shape index (κ2) is 9.88. The molecule has 0 saturated carbocycles. The number of carbonyl (C=O) groups is 1. The molecule has 5 nitrogen and oxygen atoms in total. The van der Waals surface area contributed by atoms with E-state index in [1.165, 1.54) is 12.1 Å². The molecule has 0 radical (unpaired) electrons. The van der Waals surface area contributed by atoms with Crippen LogP contribution >= 0.6 is 0 Å². The number of aliphatic imine (C=N–C) groups is 1. The predicted octanol–water partition coefficient (Wildman–Crippen LogP) is 3.26. The second-order valence-corrected chi connectivity index (χ2v) is 7.63. The van der Waals surface area contributed by atoms with Gasteiger partial charge in [0.15, 0.2) is 5.96 Å². The third-order valence-electron chi connectivity index (χ3n) is 3.98. The van der Waals surface area contributed by atoms with Crippen molar-refractivity contribution in [2.75, 3.05) is 13.6 Å². The van der Waals surface area contributed by atoms with Crippen molar-refractivity contribution in [1.29, 1.82) is 0 Å². The van der Waals surface area contributed by atoms with Gasteiger partial charge in [0, 0.05) is 31.2 Å². The minimum atomic E-state index is -0.276. The summed E-state index contributed by atoms with van der Waals surface area (Å²) in [6, 6.07) is 14.0. The Balaban J connectivity index is 1.85. The van der Waals surface area contributed by atoms with Crippen molar-refractivity contribution in [3.05, 3.63) is 71.0 Å². The molecule has 0 spiro atoms. The Bertz CT molecular complexity index is 810. The van der Waals surface area contributed by atoms with E-state index < -0.39 is 0 Å². The van der Waals surface area contributed by atoms with Crippen LogP contribution in [0.15, 0.2) is 53.5 Å². The summed E-state index contributed by atoms with van der Waals surface area (Å²) in [5, 5.41) is 9.45. The van der Waals surface area contributed by atoms with Gasteiger partial charge < -0.3 is 16.0 Å². The number of rotatable bonds is 6. The van der Waals surface area contributed by atoms with E-state index in [1.54, 1.807) is 25.2 Å². The third kappa shape index (κ3) is 7.39. The van der Waals surface area contributed by atoms with E-state index in [4.69, 9.17) is 0 Å². The van der Waals surface area contributed by atoms with Crippen LogP contribution < -0.4 is 16.0 Å². The van der Waals surface area contributed by atoms with Gasteiger partial charge in [0.25, 0.3) is 5.91 Å². The first kappa shape index (κ1) is 21.4. The highest BCUT2D eigenvalue weighted by Crippen LogP contribution is 2.08.